The lowest BCUT2D eigenvalue weighted by Crippen LogP contribution is -2.15. The van der Waals surface area contributed by atoms with E-state index in [1.54, 1.807) is 13.2 Å². The van der Waals surface area contributed by atoms with Crippen molar-refractivity contribution in [2.45, 2.75) is 20.4 Å². The fourth-order valence-electron chi connectivity index (χ4n) is 2.68. The summed E-state index contributed by atoms with van der Waals surface area (Å²) in [4.78, 5) is 17.3. The molecule has 1 heterocycles. The molecule has 2 aromatic carbocycles. The van der Waals surface area contributed by atoms with E-state index in [1.165, 1.54) is 17.4 Å². The van der Waals surface area contributed by atoms with Crippen molar-refractivity contribution in [1.29, 1.82) is 0 Å². The number of amides is 1. The van der Waals surface area contributed by atoms with E-state index in [-0.39, 0.29) is 5.91 Å². The number of nitrogens with zero attached hydrogens (tertiary/aromatic N) is 2. The van der Waals surface area contributed by atoms with Crippen LogP contribution in [-0.4, -0.2) is 17.6 Å². The molecule has 0 saturated heterocycles. The van der Waals surface area contributed by atoms with E-state index in [0.717, 1.165) is 27.1 Å². The number of fused-ring (bicyclic) bond motifs is 1. The average Bonchev–Trinajstić information content (AvgIpc) is 3.00. The second-order valence-electron chi connectivity index (χ2n) is 5.59. The van der Waals surface area contributed by atoms with E-state index >= 15 is 0 Å². The minimum Gasteiger partial charge on any atom is -0.495 e. The summed E-state index contributed by atoms with van der Waals surface area (Å²) in [5, 5.41) is 0. The summed E-state index contributed by atoms with van der Waals surface area (Å²) in [6.45, 7) is 4.81. The number of rotatable bonds is 4. The Kier molecular flexibility index (Phi) is 5.14. The number of carbonyl (C=O) groups is 1. The van der Waals surface area contributed by atoms with Crippen molar-refractivity contribution in [1.82, 2.24) is 4.57 Å². The Labute approximate surface area is 150 Å². The Morgan fingerprint density at radius 3 is 2.68 bits per heavy atom. The molecule has 3 rings (SSSR count). The van der Waals surface area contributed by atoms with Crippen LogP contribution in [0.2, 0.25) is 0 Å². The Morgan fingerprint density at radius 1 is 1.24 bits per heavy atom. The third kappa shape index (κ3) is 3.56. The SMILES string of the molecule is CCn1c(=NC(=O)C=Cc2ccccc2)sc2c(C)ccc(OC)c21. The summed E-state index contributed by atoms with van der Waals surface area (Å²) in [5.41, 5.74) is 3.12. The first-order chi connectivity index (χ1) is 12.1. The van der Waals surface area contributed by atoms with Gasteiger partial charge in [-0.2, -0.15) is 4.99 Å². The van der Waals surface area contributed by atoms with Gasteiger partial charge in [0.05, 0.1) is 11.8 Å². The summed E-state index contributed by atoms with van der Waals surface area (Å²) in [7, 11) is 1.66. The van der Waals surface area contributed by atoms with Crippen LogP contribution in [0.3, 0.4) is 0 Å². The van der Waals surface area contributed by atoms with Crippen molar-refractivity contribution in [2.75, 3.05) is 7.11 Å². The highest BCUT2D eigenvalue weighted by atomic mass is 32.1. The molecule has 3 aromatic rings. The summed E-state index contributed by atoms with van der Waals surface area (Å²) in [5.74, 6) is 0.529. The van der Waals surface area contributed by atoms with Crippen LogP contribution in [0.15, 0.2) is 53.5 Å². The van der Waals surface area contributed by atoms with Crippen molar-refractivity contribution in [3.63, 3.8) is 0 Å². The van der Waals surface area contributed by atoms with E-state index in [0.29, 0.717) is 11.3 Å². The predicted octanol–water partition coefficient (Wildman–Crippen LogP) is 4.18. The molecule has 0 N–H and O–H groups in total. The van der Waals surface area contributed by atoms with Gasteiger partial charge < -0.3 is 9.30 Å². The summed E-state index contributed by atoms with van der Waals surface area (Å²) < 4.78 is 8.62. The molecule has 0 unspecified atom stereocenters. The fraction of sp³-hybridized carbons (Fsp3) is 0.200. The minimum absolute atomic E-state index is 0.269. The summed E-state index contributed by atoms with van der Waals surface area (Å²) in [6, 6.07) is 13.7. The van der Waals surface area contributed by atoms with Crippen LogP contribution in [-0.2, 0) is 11.3 Å². The van der Waals surface area contributed by atoms with Gasteiger partial charge in [0.15, 0.2) is 4.80 Å². The largest absolute Gasteiger partial charge is 0.495 e. The summed E-state index contributed by atoms with van der Waals surface area (Å²) >= 11 is 1.52. The number of carbonyl (C=O) groups excluding carboxylic acids is 1. The molecule has 0 saturated carbocycles. The quantitative estimate of drug-likeness (QED) is 0.661. The van der Waals surface area contributed by atoms with Gasteiger partial charge in [-0.15, -0.1) is 0 Å². The second-order valence-corrected chi connectivity index (χ2v) is 6.56. The molecule has 0 bridgehead atoms. The number of benzene rings is 2. The van der Waals surface area contributed by atoms with Crippen LogP contribution < -0.4 is 9.54 Å². The van der Waals surface area contributed by atoms with Gasteiger partial charge in [0, 0.05) is 12.6 Å². The Hall–Kier alpha value is -2.66. The zero-order chi connectivity index (χ0) is 17.8. The summed E-state index contributed by atoms with van der Waals surface area (Å²) in [6.07, 6.45) is 3.28. The predicted molar refractivity (Wildman–Crippen MR) is 103 cm³/mol. The number of aryl methyl sites for hydroxylation is 2. The van der Waals surface area contributed by atoms with Gasteiger partial charge in [-0.1, -0.05) is 47.7 Å². The van der Waals surface area contributed by atoms with E-state index in [1.807, 2.05) is 54.0 Å². The molecule has 0 radical (unpaired) electrons. The van der Waals surface area contributed by atoms with Crippen LogP contribution in [0.4, 0.5) is 0 Å². The lowest BCUT2D eigenvalue weighted by atomic mass is 10.2. The minimum atomic E-state index is -0.269. The maximum Gasteiger partial charge on any atom is 0.272 e. The maximum absolute atomic E-state index is 12.3. The molecular formula is C20H20N2O2S. The highest BCUT2D eigenvalue weighted by Gasteiger charge is 2.12. The molecule has 0 aliphatic rings. The lowest BCUT2D eigenvalue weighted by molar-refractivity contribution is -0.113. The van der Waals surface area contributed by atoms with Crippen molar-refractivity contribution < 1.29 is 9.53 Å². The molecule has 0 aliphatic carbocycles. The Morgan fingerprint density at radius 2 is 2.00 bits per heavy atom. The molecule has 0 spiro atoms. The molecular weight excluding hydrogens is 332 g/mol. The van der Waals surface area contributed by atoms with Crippen LogP contribution in [0.25, 0.3) is 16.3 Å². The van der Waals surface area contributed by atoms with Gasteiger partial charge in [0.2, 0.25) is 0 Å². The third-order valence-electron chi connectivity index (χ3n) is 3.95. The zero-order valence-electron chi connectivity index (χ0n) is 14.5. The highest BCUT2D eigenvalue weighted by Crippen LogP contribution is 2.30. The van der Waals surface area contributed by atoms with Crippen LogP contribution in [0.5, 0.6) is 5.75 Å². The number of thiazole rings is 1. The molecule has 0 fully saturated rings. The molecule has 128 valence electrons. The van der Waals surface area contributed by atoms with Crippen LogP contribution in [0.1, 0.15) is 18.1 Å². The highest BCUT2D eigenvalue weighted by molar-refractivity contribution is 7.16. The fourth-order valence-corrected chi connectivity index (χ4v) is 3.87. The second kappa shape index (κ2) is 7.49. The smallest absolute Gasteiger partial charge is 0.272 e. The zero-order valence-corrected chi connectivity index (χ0v) is 15.3. The topological polar surface area (TPSA) is 43.6 Å². The number of hydrogen-bond donors (Lipinski definition) is 0. The van der Waals surface area contributed by atoms with Crippen LogP contribution in [0, 0.1) is 6.92 Å². The van der Waals surface area contributed by atoms with Crippen molar-refractivity contribution in [3.8, 4) is 5.75 Å². The molecule has 0 atom stereocenters. The molecule has 0 aliphatic heterocycles. The van der Waals surface area contributed by atoms with E-state index in [4.69, 9.17) is 4.74 Å². The van der Waals surface area contributed by atoms with Gasteiger partial charge >= 0.3 is 0 Å². The van der Waals surface area contributed by atoms with Gasteiger partial charge in [-0.3, -0.25) is 4.79 Å². The number of methoxy groups -OCH3 is 1. The third-order valence-corrected chi connectivity index (χ3v) is 5.16. The van der Waals surface area contributed by atoms with Crippen molar-refractivity contribution in [2.24, 2.45) is 4.99 Å². The number of aromatic nitrogens is 1. The number of hydrogen-bond acceptors (Lipinski definition) is 3. The standard InChI is InChI=1S/C20H20N2O2S/c1-4-22-18-16(24-3)12-10-14(2)19(18)25-20(22)21-17(23)13-11-15-8-6-5-7-9-15/h5-13H,4H2,1-3H3. The molecule has 1 amide bonds. The lowest BCUT2D eigenvalue weighted by Gasteiger charge is -2.07. The molecule has 25 heavy (non-hydrogen) atoms. The number of ether oxygens (including phenoxy) is 1. The first-order valence-electron chi connectivity index (χ1n) is 8.12. The maximum atomic E-state index is 12.3. The van der Waals surface area contributed by atoms with Gasteiger partial charge in [0.25, 0.3) is 5.91 Å². The van der Waals surface area contributed by atoms with E-state index < -0.39 is 0 Å². The van der Waals surface area contributed by atoms with Crippen LogP contribution >= 0.6 is 11.3 Å². The normalized spacial score (nSPS) is 12.2. The van der Waals surface area contributed by atoms with Crippen molar-refractivity contribution in [3.05, 3.63) is 64.5 Å². The molecule has 5 heteroatoms. The first-order valence-corrected chi connectivity index (χ1v) is 8.94. The Bertz CT molecular complexity index is 998. The molecule has 4 nitrogen and oxygen atoms in total. The van der Waals surface area contributed by atoms with Gasteiger partial charge in [-0.25, -0.2) is 0 Å². The monoisotopic (exact) mass is 352 g/mol. The molecule has 1 aromatic heterocycles. The van der Waals surface area contributed by atoms with Gasteiger partial charge in [-0.05, 0) is 37.1 Å². The van der Waals surface area contributed by atoms with E-state index in [2.05, 4.69) is 11.9 Å². The van der Waals surface area contributed by atoms with Crippen molar-refractivity contribution >= 4 is 33.5 Å². The first kappa shape index (κ1) is 17.2. The Balaban J connectivity index is 2.06. The van der Waals surface area contributed by atoms with E-state index in [9.17, 15) is 4.79 Å². The average molecular weight is 352 g/mol. The van der Waals surface area contributed by atoms with Gasteiger partial charge in [0.1, 0.15) is 11.3 Å².